The van der Waals surface area contributed by atoms with Crippen LogP contribution in [0.15, 0.2) is 28.4 Å². The second kappa shape index (κ2) is 7.04. The van der Waals surface area contributed by atoms with Crippen molar-refractivity contribution in [3.05, 3.63) is 23.2 Å². The average molecular weight is 332 g/mol. The number of azo groups is 1. The molecule has 7 heteroatoms. The maximum atomic E-state index is 12.1. The highest BCUT2D eigenvalue weighted by Crippen LogP contribution is 2.33. The Hall–Kier alpha value is -2.02. The van der Waals surface area contributed by atoms with Crippen molar-refractivity contribution >= 4 is 27.8 Å². The van der Waals surface area contributed by atoms with E-state index < -0.39 is 0 Å². The minimum absolute atomic E-state index is 0.0689. The molecule has 2 rings (SSSR count). The largest absolute Gasteiger partial charge is 0.871 e. The summed E-state index contributed by atoms with van der Waals surface area (Å²) >= 11 is 1.39. The zero-order valence-corrected chi connectivity index (χ0v) is 15.0. The van der Waals surface area contributed by atoms with Gasteiger partial charge in [-0.1, -0.05) is 37.9 Å². The summed E-state index contributed by atoms with van der Waals surface area (Å²) in [4.78, 5) is 2.11. The first kappa shape index (κ1) is 17.3. The topological polar surface area (TPSA) is 76.8 Å². The van der Waals surface area contributed by atoms with Crippen LogP contribution in [0.5, 0.6) is 5.75 Å². The quantitative estimate of drug-likeness (QED) is 0.770. The molecule has 0 aliphatic heterocycles. The van der Waals surface area contributed by atoms with Crippen molar-refractivity contribution in [3.8, 4) is 5.75 Å². The van der Waals surface area contributed by atoms with Crippen LogP contribution in [0.2, 0.25) is 0 Å². The van der Waals surface area contributed by atoms with Crippen molar-refractivity contribution < 1.29 is 5.11 Å². The molecular formula is C16H22N5OS-. The number of anilines is 1. The second-order valence-corrected chi connectivity index (χ2v) is 7.12. The van der Waals surface area contributed by atoms with Gasteiger partial charge in [0.25, 0.3) is 5.13 Å². The maximum absolute atomic E-state index is 12.1. The second-order valence-electron chi connectivity index (χ2n) is 6.16. The molecule has 0 spiro atoms. The molecule has 1 aromatic heterocycles. The van der Waals surface area contributed by atoms with Crippen LogP contribution in [0.3, 0.4) is 0 Å². The SMILES string of the molecule is CCN(CC)c1ccc(N=Nc2nnc(C(C)(C)C)s2)c([O-])c1. The fraction of sp³-hybridized carbons (Fsp3) is 0.500. The molecule has 23 heavy (non-hydrogen) atoms. The first-order chi connectivity index (χ1) is 10.8. The third-order valence-electron chi connectivity index (χ3n) is 3.37. The summed E-state index contributed by atoms with van der Waals surface area (Å²) in [6, 6.07) is 5.19. The van der Waals surface area contributed by atoms with Gasteiger partial charge in [0.2, 0.25) is 0 Å². The number of rotatable bonds is 5. The van der Waals surface area contributed by atoms with Crippen molar-refractivity contribution in [1.29, 1.82) is 0 Å². The zero-order valence-electron chi connectivity index (χ0n) is 14.2. The van der Waals surface area contributed by atoms with Gasteiger partial charge in [-0.15, -0.1) is 20.4 Å². The van der Waals surface area contributed by atoms with Crippen molar-refractivity contribution in [2.45, 2.75) is 40.0 Å². The first-order valence-electron chi connectivity index (χ1n) is 7.67. The fourth-order valence-electron chi connectivity index (χ4n) is 2.03. The Labute approximate surface area is 140 Å². The van der Waals surface area contributed by atoms with Crippen molar-refractivity contribution in [2.24, 2.45) is 10.2 Å². The van der Waals surface area contributed by atoms with E-state index in [-0.39, 0.29) is 11.2 Å². The van der Waals surface area contributed by atoms with Gasteiger partial charge >= 0.3 is 0 Å². The van der Waals surface area contributed by atoms with Gasteiger partial charge in [-0.3, -0.25) is 0 Å². The normalized spacial score (nSPS) is 12.0. The number of nitrogens with zero attached hydrogens (tertiary/aromatic N) is 5. The molecule has 0 saturated heterocycles. The average Bonchev–Trinajstić information content (AvgIpc) is 2.97. The molecule has 0 N–H and O–H groups in total. The van der Waals surface area contributed by atoms with Gasteiger partial charge < -0.3 is 10.0 Å². The van der Waals surface area contributed by atoms with Crippen LogP contribution >= 0.6 is 11.3 Å². The fourth-order valence-corrected chi connectivity index (χ4v) is 2.75. The van der Waals surface area contributed by atoms with E-state index in [4.69, 9.17) is 0 Å². The van der Waals surface area contributed by atoms with Gasteiger partial charge in [-0.05, 0) is 32.0 Å². The van der Waals surface area contributed by atoms with Crippen LogP contribution < -0.4 is 10.0 Å². The molecule has 124 valence electrons. The summed E-state index contributed by atoms with van der Waals surface area (Å²) in [5, 5.41) is 29.7. The molecule has 2 aromatic rings. The van der Waals surface area contributed by atoms with E-state index >= 15 is 0 Å². The summed E-state index contributed by atoms with van der Waals surface area (Å²) in [6.45, 7) is 12.0. The molecule has 0 fully saturated rings. The van der Waals surface area contributed by atoms with Crippen molar-refractivity contribution in [3.63, 3.8) is 0 Å². The third kappa shape index (κ3) is 4.25. The molecule has 0 saturated carbocycles. The zero-order chi connectivity index (χ0) is 17.0. The summed E-state index contributed by atoms with van der Waals surface area (Å²) < 4.78 is 0. The van der Waals surface area contributed by atoms with Crippen LogP contribution in [0.1, 0.15) is 39.6 Å². The summed E-state index contributed by atoms with van der Waals surface area (Å²) in [6.07, 6.45) is 0. The number of benzene rings is 1. The third-order valence-corrected chi connectivity index (χ3v) is 4.60. The van der Waals surface area contributed by atoms with E-state index in [1.807, 2.05) is 6.07 Å². The molecule has 0 aliphatic rings. The summed E-state index contributed by atoms with van der Waals surface area (Å²) in [5.74, 6) is -0.140. The van der Waals surface area contributed by atoms with Crippen LogP contribution in [0.25, 0.3) is 0 Å². The lowest BCUT2D eigenvalue weighted by molar-refractivity contribution is -0.267. The number of hydrogen-bond donors (Lipinski definition) is 0. The molecule has 0 aliphatic carbocycles. The first-order valence-corrected chi connectivity index (χ1v) is 8.48. The lowest BCUT2D eigenvalue weighted by atomic mass is 9.98. The van der Waals surface area contributed by atoms with E-state index in [0.717, 1.165) is 23.8 Å². The molecule has 0 amide bonds. The smallest absolute Gasteiger partial charge is 0.251 e. The standard InChI is InChI=1S/C16H23N5OS/c1-6-21(7-2)11-8-9-12(13(22)10-11)17-19-15-20-18-14(23-15)16(3,4)5/h8-10,22H,6-7H2,1-5H3/p-1. The summed E-state index contributed by atoms with van der Waals surface area (Å²) in [5.41, 5.74) is 1.15. The number of hydrogen-bond acceptors (Lipinski definition) is 7. The van der Waals surface area contributed by atoms with E-state index in [2.05, 4.69) is 59.9 Å². The minimum Gasteiger partial charge on any atom is -0.871 e. The van der Waals surface area contributed by atoms with E-state index in [9.17, 15) is 5.11 Å². The predicted molar refractivity (Wildman–Crippen MR) is 92.2 cm³/mol. The van der Waals surface area contributed by atoms with Gasteiger partial charge in [0.1, 0.15) is 5.01 Å². The summed E-state index contributed by atoms with van der Waals surface area (Å²) in [7, 11) is 0. The van der Waals surface area contributed by atoms with Gasteiger partial charge in [-0.25, -0.2) is 0 Å². The molecule has 0 unspecified atom stereocenters. The molecule has 0 atom stereocenters. The molecule has 1 heterocycles. The van der Waals surface area contributed by atoms with E-state index in [0.29, 0.717) is 10.8 Å². The Morgan fingerprint density at radius 2 is 1.83 bits per heavy atom. The Kier molecular flexibility index (Phi) is 5.30. The van der Waals surface area contributed by atoms with E-state index in [1.54, 1.807) is 12.1 Å². The maximum Gasteiger partial charge on any atom is 0.251 e. The van der Waals surface area contributed by atoms with Gasteiger partial charge in [0.05, 0.1) is 5.69 Å². The number of aromatic nitrogens is 2. The molecule has 0 bridgehead atoms. The van der Waals surface area contributed by atoms with Gasteiger partial charge in [0, 0.05) is 24.2 Å². The van der Waals surface area contributed by atoms with Crippen molar-refractivity contribution in [2.75, 3.05) is 18.0 Å². The lowest BCUT2D eigenvalue weighted by Gasteiger charge is -2.23. The Morgan fingerprint density at radius 3 is 2.35 bits per heavy atom. The van der Waals surface area contributed by atoms with Crippen LogP contribution in [0.4, 0.5) is 16.5 Å². The highest BCUT2D eigenvalue weighted by atomic mass is 32.1. The van der Waals surface area contributed by atoms with E-state index in [1.165, 1.54) is 11.3 Å². The Morgan fingerprint density at radius 1 is 1.13 bits per heavy atom. The Balaban J connectivity index is 2.18. The molecule has 0 radical (unpaired) electrons. The van der Waals surface area contributed by atoms with Crippen LogP contribution in [-0.4, -0.2) is 23.3 Å². The van der Waals surface area contributed by atoms with Crippen LogP contribution in [-0.2, 0) is 5.41 Å². The lowest BCUT2D eigenvalue weighted by Crippen LogP contribution is -2.21. The predicted octanol–water partition coefficient (Wildman–Crippen LogP) is 4.17. The monoisotopic (exact) mass is 332 g/mol. The molecule has 1 aromatic carbocycles. The van der Waals surface area contributed by atoms with Crippen LogP contribution in [0, 0.1) is 0 Å². The highest BCUT2D eigenvalue weighted by Gasteiger charge is 2.19. The van der Waals surface area contributed by atoms with Gasteiger partial charge in [0.15, 0.2) is 0 Å². The Bertz CT molecular complexity index is 686. The van der Waals surface area contributed by atoms with Crippen molar-refractivity contribution in [1.82, 2.24) is 10.2 Å². The highest BCUT2D eigenvalue weighted by molar-refractivity contribution is 7.15. The molecular weight excluding hydrogens is 310 g/mol. The minimum atomic E-state index is -0.140. The van der Waals surface area contributed by atoms with Gasteiger partial charge in [-0.2, -0.15) is 0 Å². The molecule has 6 nitrogen and oxygen atoms in total.